The van der Waals surface area contributed by atoms with Crippen LogP contribution < -0.4 is 5.32 Å². The first-order chi connectivity index (χ1) is 10.0. The molecular formula is C17H25BrN2O. The zero-order valence-corrected chi connectivity index (χ0v) is 14.6. The molecule has 0 atom stereocenters. The summed E-state index contributed by atoms with van der Waals surface area (Å²) in [4.78, 5) is 2.51. The number of benzene rings is 1. The van der Waals surface area contributed by atoms with Gasteiger partial charge in [-0.05, 0) is 43.9 Å². The zero-order valence-electron chi connectivity index (χ0n) is 13.0. The third-order valence-corrected chi connectivity index (χ3v) is 5.21. The summed E-state index contributed by atoms with van der Waals surface area (Å²) in [6.45, 7) is 9.13. The van der Waals surface area contributed by atoms with Gasteiger partial charge in [-0.25, -0.2) is 0 Å². The van der Waals surface area contributed by atoms with Gasteiger partial charge in [0.1, 0.15) is 0 Å². The normalized spacial score (nSPS) is 22.4. The van der Waals surface area contributed by atoms with Crippen LogP contribution in [0, 0.1) is 0 Å². The molecule has 0 amide bonds. The smallest absolute Gasteiger partial charge is 0.0645 e. The van der Waals surface area contributed by atoms with Crippen LogP contribution in [-0.2, 0) is 17.8 Å². The molecule has 0 aromatic heterocycles. The molecule has 116 valence electrons. The highest BCUT2D eigenvalue weighted by Crippen LogP contribution is 2.26. The highest BCUT2D eigenvalue weighted by molar-refractivity contribution is 9.10. The van der Waals surface area contributed by atoms with E-state index in [4.69, 9.17) is 4.74 Å². The van der Waals surface area contributed by atoms with E-state index in [9.17, 15) is 0 Å². The molecule has 3 rings (SSSR count). The van der Waals surface area contributed by atoms with Gasteiger partial charge in [-0.2, -0.15) is 0 Å². The van der Waals surface area contributed by atoms with Crippen molar-refractivity contribution in [2.24, 2.45) is 0 Å². The van der Waals surface area contributed by atoms with E-state index >= 15 is 0 Å². The van der Waals surface area contributed by atoms with Crippen LogP contribution in [0.2, 0.25) is 0 Å². The fourth-order valence-electron chi connectivity index (χ4n) is 2.77. The SMILES string of the molecule is CC1(C)COCCN1Cc1ccc(CNC2CC2)cc1Br. The van der Waals surface area contributed by atoms with Crippen LogP contribution >= 0.6 is 15.9 Å². The summed E-state index contributed by atoms with van der Waals surface area (Å²) in [7, 11) is 0. The lowest BCUT2D eigenvalue weighted by molar-refractivity contribution is -0.0553. The molecule has 4 heteroatoms. The fraction of sp³-hybridized carbons (Fsp3) is 0.647. The Morgan fingerprint density at radius 3 is 2.86 bits per heavy atom. The molecule has 0 unspecified atom stereocenters. The van der Waals surface area contributed by atoms with Gasteiger partial charge in [-0.15, -0.1) is 0 Å². The van der Waals surface area contributed by atoms with Crippen molar-refractivity contribution in [3.05, 3.63) is 33.8 Å². The summed E-state index contributed by atoms with van der Waals surface area (Å²) in [5, 5.41) is 3.57. The second kappa shape index (κ2) is 6.37. The summed E-state index contributed by atoms with van der Waals surface area (Å²) < 4.78 is 6.82. The monoisotopic (exact) mass is 352 g/mol. The van der Waals surface area contributed by atoms with Crippen molar-refractivity contribution in [3.63, 3.8) is 0 Å². The largest absolute Gasteiger partial charge is 0.378 e. The molecule has 3 nitrogen and oxygen atoms in total. The molecule has 2 aliphatic rings. The number of halogens is 1. The number of ether oxygens (including phenoxy) is 1. The molecular weight excluding hydrogens is 328 g/mol. The molecule has 0 bridgehead atoms. The fourth-order valence-corrected chi connectivity index (χ4v) is 3.32. The van der Waals surface area contributed by atoms with Gasteiger partial charge in [0.15, 0.2) is 0 Å². The van der Waals surface area contributed by atoms with Gasteiger partial charge >= 0.3 is 0 Å². The third kappa shape index (κ3) is 4.07. The first kappa shape index (κ1) is 15.5. The predicted molar refractivity (Wildman–Crippen MR) is 89.3 cm³/mol. The first-order valence-corrected chi connectivity index (χ1v) is 8.67. The molecule has 1 aliphatic heterocycles. The van der Waals surface area contributed by atoms with Crippen molar-refractivity contribution in [2.75, 3.05) is 19.8 Å². The summed E-state index contributed by atoms with van der Waals surface area (Å²) in [6.07, 6.45) is 2.68. The van der Waals surface area contributed by atoms with E-state index in [0.29, 0.717) is 0 Å². The molecule has 21 heavy (non-hydrogen) atoms. The molecule has 2 fully saturated rings. The molecule has 1 saturated carbocycles. The van der Waals surface area contributed by atoms with Crippen molar-refractivity contribution in [1.82, 2.24) is 10.2 Å². The second-order valence-corrected chi connectivity index (χ2v) is 7.72. The van der Waals surface area contributed by atoms with Crippen LogP contribution in [-0.4, -0.2) is 36.2 Å². The van der Waals surface area contributed by atoms with Crippen LogP contribution in [0.1, 0.15) is 37.8 Å². The summed E-state index contributed by atoms with van der Waals surface area (Å²) in [5.74, 6) is 0. The van der Waals surface area contributed by atoms with Crippen molar-refractivity contribution in [3.8, 4) is 0 Å². The van der Waals surface area contributed by atoms with Gasteiger partial charge in [0, 0.05) is 35.7 Å². The Labute approximate surface area is 136 Å². The van der Waals surface area contributed by atoms with Crippen molar-refractivity contribution in [1.29, 1.82) is 0 Å². The number of nitrogens with zero attached hydrogens (tertiary/aromatic N) is 1. The van der Waals surface area contributed by atoms with Crippen LogP contribution in [0.5, 0.6) is 0 Å². The van der Waals surface area contributed by atoms with E-state index < -0.39 is 0 Å². The zero-order chi connectivity index (χ0) is 14.9. The van der Waals surface area contributed by atoms with E-state index in [1.807, 2.05) is 0 Å². The molecule has 1 aromatic carbocycles. The van der Waals surface area contributed by atoms with E-state index in [2.05, 4.69) is 58.2 Å². The average Bonchev–Trinajstić information content (AvgIpc) is 3.25. The van der Waals surface area contributed by atoms with E-state index in [-0.39, 0.29) is 5.54 Å². The number of hydrogen-bond donors (Lipinski definition) is 1. The Morgan fingerprint density at radius 2 is 2.19 bits per heavy atom. The third-order valence-electron chi connectivity index (χ3n) is 4.47. The van der Waals surface area contributed by atoms with Crippen molar-refractivity contribution >= 4 is 15.9 Å². The molecule has 0 radical (unpaired) electrons. The predicted octanol–water partition coefficient (Wildman–Crippen LogP) is 3.31. The standard InChI is InChI=1S/C17H25BrN2O/c1-17(2)12-21-8-7-20(17)11-14-4-3-13(9-16(14)18)10-19-15-5-6-15/h3-4,9,15,19H,5-8,10-12H2,1-2H3. The number of rotatable bonds is 5. The number of hydrogen-bond acceptors (Lipinski definition) is 3. The maximum absolute atomic E-state index is 5.60. The molecule has 1 saturated heterocycles. The number of morpholine rings is 1. The highest BCUT2D eigenvalue weighted by atomic mass is 79.9. The minimum Gasteiger partial charge on any atom is -0.378 e. The minimum absolute atomic E-state index is 0.115. The Bertz CT molecular complexity index is 500. The molecule has 0 spiro atoms. The highest BCUT2D eigenvalue weighted by Gasteiger charge is 2.30. The maximum atomic E-state index is 5.60. The van der Waals surface area contributed by atoms with Crippen molar-refractivity contribution in [2.45, 2.75) is 51.4 Å². The average molecular weight is 353 g/mol. The van der Waals surface area contributed by atoms with Crippen LogP contribution in [0.4, 0.5) is 0 Å². The lowest BCUT2D eigenvalue weighted by atomic mass is 10.0. The summed E-state index contributed by atoms with van der Waals surface area (Å²) in [5.41, 5.74) is 2.84. The topological polar surface area (TPSA) is 24.5 Å². The van der Waals surface area contributed by atoms with Crippen molar-refractivity contribution < 1.29 is 4.74 Å². The quantitative estimate of drug-likeness (QED) is 0.879. The summed E-state index contributed by atoms with van der Waals surface area (Å²) in [6, 6.07) is 7.54. The van der Waals surface area contributed by atoms with Crippen LogP contribution in [0.15, 0.2) is 22.7 Å². The van der Waals surface area contributed by atoms with Gasteiger partial charge < -0.3 is 10.1 Å². The van der Waals surface area contributed by atoms with Gasteiger partial charge in [0.25, 0.3) is 0 Å². The summed E-state index contributed by atoms with van der Waals surface area (Å²) >= 11 is 3.75. The van der Waals surface area contributed by atoms with Gasteiger partial charge in [-0.3, -0.25) is 4.90 Å². The Kier molecular flexibility index (Phi) is 4.69. The lowest BCUT2D eigenvalue weighted by Crippen LogP contribution is -2.52. The van der Waals surface area contributed by atoms with Crippen LogP contribution in [0.25, 0.3) is 0 Å². The van der Waals surface area contributed by atoms with Gasteiger partial charge in [0.05, 0.1) is 13.2 Å². The molecule has 1 aromatic rings. The van der Waals surface area contributed by atoms with Gasteiger partial charge in [0.2, 0.25) is 0 Å². The van der Waals surface area contributed by atoms with E-state index in [1.54, 1.807) is 0 Å². The molecule has 1 N–H and O–H groups in total. The van der Waals surface area contributed by atoms with Gasteiger partial charge in [-0.1, -0.05) is 28.1 Å². The lowest BCUT2D eigenvalue weighted by Gasteiger charge is -2.42. The molecule has 1 heterocycles. The van der Waals surface area contributed by atoms with Crippen LogP contribution in [0.3, 0.4) is 0 Å². The maximum Gasteiger partial charge on any atom is 0.0645 e. The molecule has 1 aliphatic carbocycles. The Balaban J connectivity index is 1.64. The first-order valence-electron chi connectivity index (χ1n) is 7.88. The minimum atomic E-state index is 0.115. The second-order valence-electron chi connectivity index (χ2n) is 6.87. The Hall–Kier alpha value is -0.420. The Morgan fingerprint density at radius 1 is 1.38 bits per heavy atom. The van der Waals surface area contributed by atoms with E-state index in [1.165, 1.54) is 28.4 Å². The van der Waals surface area contributed by atoms with E-state index in [0.717, 1.165) is 38.9 Å². The number of nitrogens with one attached hydrogen (secondary N) is 1.